The number of aliphatic hydroxyl groups is 1. The molecule has 0 radical (unpaired) electrons. The van der Waals surface area contributed by atoms with Crippen LogP contribution in [0.5, 0.6) is 0 Å². The summed E-state index contributed by atoms with van der Waals surface area (Å²) in [6.45, 7) is 4.26. The molecule has 0 aliphatic rings. The second kappa shape index (κ2) is 11.4. The van der Waals surface area contributed by atoms with E-state index in [-0.39, 0.29) is 6.61 Å². The highest BCUT2D eigenvalue weighted by molar-refractivity contribution is 5.89. The van der Waals surface area contributed by atoms with Crippen molar-refractivity contribution in [1.82, 2.24) is 9.97 Å². The largest absolute Gasteiger partial charge is 0.460 e. The first-order chi connectivity index (χ1) is 17.1. The maximum atomic E-state index is 12.8. The number of aromatic nitrogens is 2. The third kappa shape index (κ3) is 5.90. The van der Waals surface area contributed by atoms with E-state index in [1.54, 1.807) is 37.6 Å². The van der Waals surface area contributed by atoms with Crippen molar-refractivity contribution in [2.24, 2.45) is 0 Å². The molecule has 0 bridgehead atoms. The molecule has 3 aromatic heterocycles. The highest BCUT2D eigenvalue weighted by atomic mass is 16.6. The SMILES string of the molecule is C=C(COC)/C(=C/C[C@@H](OC(=O)c1ccncc1)c1ccc(CO)o1)c1cnc2ccccc2c1. The van der Waals surface area contributed by atoms with Crippen LogP contribution in [0, 0.1) is 0 Å². The van der Waals surface area contributed by atoms with Gasteiger partial charge in [-0.1, -0.05) is 30.9 Å². The molecule has 0 saturated carbocycles. The summed E-state index contributed by atoms with van der Waals surface area (Å²) in [5, 5.41) is 10.4. The van der Waals surface area contributed by atoms with Crippen LogP contribution in [0.3, 0.4) is 0 Å². The van der Waals surface area contributed by atoms with Crippen LogP contribution < -0.4 is 0 Å². The molecule has 0 amide bonds. The molecule has 178 valence electrons. The molecular formula is C28H26N2O5. The number of para-hydroxylation sites is 1. The van der Waals surface area contributed by atoms with E-state index >= 15 is 0 Å². The first-order valence-corrected chi connectivity index (χ1v) is 11.1. The Morgan fingerprint density at radius 3 is 2.69 bits per heavy atom. The van der Waals surface area contributed by atoms with Crippen molar-refractivity contribution in [3.63, 3.8) is 0 Å². The maximum Gasteiger partial charge on any atom is 0.338 e. The van der Waals surface area contributed by atoms with Gasteiger partial charge in [-0.3, -0.25) is 9.97 Å². The monoisotopic (exact) mass is 470 g/mol. The van der Waals surface area contributed by atoms with E-state index in [4.69, 9.17) is 13.9 Å². The van der Waals surface area contributed by atoms with Gasteiger partial charge in [-0.15, -0.1) is 0 Å². The molecule has 7 heteroatoms. The summed E-state index contributed by atoms with van der Waals surface area (Å²) in [4.78, 5) is 21.3. The van der Waals surface area contributed by atoms with E-state index in [0.717, 1.165) is 27.6 Å². The minimum atomic E-state index is -0.727. The highest BCUT2D eigenvalue weighted by Gasteiger charge is 2.21. The molecule has 4 aromatic rings. The fourth-order valence-corrected chi connectivity index (χ4v) is 3.72. The summed E-state index contributed by atoms with van der Waals surface area (Å²) in [7, 11) is 1.61. The molecule has 0 aliphatic heterocycles. The number of ether oxygens (including phenoxy) is 2. The number of benzene rings is 1. The lowest BCUT2D eigenvalue weighted by Crippen LogP contribution is -2.11. The van der Waals surface area contributed by atoms with Crippen molar-refractivity contribution in [3.05, 3.63) is 114 Å². The normalized spacial score (nSPS) is 12.5. The summed E-state index contributed by atoms with van der Waals surface area (Å²) >= 11 is 0. The Bertz CT molecular complexity index is 1340. The Morgan fingerprint density at radius 1 is 1.14 bits per heavy atom. The average Bonchev–Trinajstić information content (AvgIpc) is 3.38. The smallest absolute Gasteiger partial charge is 0.338 e. The number of esters is 1. The molecule has 3 heterocycles. The van der Waals surface area contributed by atoms with Gasteiger partial charge in [-0.05, 0) is 47.5 Å². The van der Waals surface area contributed by atoms with E-state index < -0.39 is 12.1 Å². The van der Waals surface area contributed by atoms with Crippen molar-refractivity contribution < 1.29 is 23.8 Å². The van der Waals surface area contributed by atoms with Crippen molar-refractivity contribution in [2.45, 2.75) is 19.1 Å². The summed E-state index contributed by atoms with van der Waals surface area (Å²) in [6.07, 6.45) is 6.38. The standard InChI is InChI=1S/C28H26N2O5/c1-19(18-33-2)24(22-15-21-5-3-4-6-25(21)30-16-22)8-10-27(26-9-7-23(17-31)34-26)35-28(32)20-11-13-29-14-12-20/h3-9,11-16,27,31H,1,10,17-18H2,2H3/b24-8-/t27-/m1/s1. The molecule has 0 unspecified atom stereocenters. The molecule has 0 spiro atoms. The van der Waals surface area contributed by atoms with E-state index in [0.29, 0.717) is 30.1 Å². The van der Waals surface area contributed by atoms with Crippen LogP contribution in [-0.4, -0.2) is 34.8 Å². The fourth-order valence-electron chi connectivity index (χ4n) is 3.72. The molecule has 1 N–H and O–H groups in total. The topological polar surface area (TPSA) is 94.7 Å². The average molecular weight is 471 g/mol. The van der Waals surface area contributed by atoms with Crippen molar-refractivity contribution in [1.29, 1.82) is 0 Å². The third-order valence-electron chi connectivity index (χ3n) is 5.46. The first-order valence-electron chi connectivity index (χ1n) is 11.1. The molecule has 1 atom stereocenters. The second-order valence-electron chi connectivity index (χ2n) is 7.90. The molecule has 35 heavy (non-hydrogen) atoms. The minimum absolute atomic E-state index is 0.250. The van der Waals surface area contributed by atoms with Gasteiger partial charge < -0.3 is 19.0 Å². The van der Waals surface area contributed by atoms with Gasteiger partial charge in [0.15, 0.2) is 6.10 Å². The number of fused-ring (bicyclic) bond motifs is 1. The van der Waals surface area contributed by atoms with Crippen LogP contribution in [0.1, 0.15) is 40.0 Å². The molecule has 1 aromatic carbocycles. The molecule has 0 aliphatic carbocycles. The van der Waals surface area contributed by atoms with Crippen LogP contribution in [0.15, 0.2) is 95.8 Å². The quantitative estimate of drug-likeness (QED) is 0.249. The zero-order chi connectivity index (χ0) is 24.6. The van der Waals surface area contributed by atoms with Gasteiger partial charge in [0.05, 0.1) is 17.7 Å². The van der Waals surface area contributed by atoms with Gasteiger partial charge in [0, 0.05) is 43.1 Å². The number of rotatable bonds is 10. The summed E-state index contributed by atoms with van der Waals surface area (Å²) in [5.41, 5.74) is 3.75. The molecule has 0 fully saturated rings. The number of furan rings is 1. The van der Waals surface area contributed by atoms with E-state index in [2.05, 4.69) is 16.5 Å². The molecule has 4 rings (SSSR count). The van der Waals surface area contributed by atoms with Crippen LogP contribution in [0.4, 0.5) is 0 Å². The Balaban J connectivity index is 1.68. The number of nitrogens with zero attached hydrogens (tertiary/aromatic N) is 2. The van der Waals surface area contributed by atoms with Crippen LogP contribution >= 0.6 is 0 Å². The lowest BCUT2D eigenvalue weighted by atomic mass is 9.97. The Morgan fingerprint density at radius 2 is 1.94 bits per heavy atom. The van der Waals surface area contributed by atoms with Gasteiger partial charge in [0.2, 0.25) is 0 Å². The van der Waals surface area contributed by atoms with E-state index in [1.165, 1.54) is 12.4 Å². The van der Waals surface area contributed by atoms with Crippen molar-refractivity contribution in [3.8, 4) is 0 Å². The number of aliphatic hydroxyl groups excluding tert-OH is 1. The van der Waals surface area contributed by atoms with Gasteiger partial charge >= 0.3 is 5.97 Å². The van der Waals surface area contributed by atoms with Gasteiger partial charge in [0.25, 0.3) is 0 Å². The van der Waals surface area contributed by atoms with Gasteiger partial charge in [-0.2, -0.15) is 0 Å². The number of pyridine rings is 2. The number of hydrogen-bond acceptors (Lipinski definition) is 7. The van der Waals surface area contributed by atoms with Crippen LogP contribution in [-0.2, 0) is 16.1 Å². The zero-order valence-electron chi connectivity index (χ0n) is 19.4. The van der Waals surface area contributed by atoms with E-state index in [9.17, 15) is 9.90 Å². The Kier molecular flexibility index (Phi) is 7.82. The second-order valence-corrected chi connectivity index (χ2v) is 7.90. The lowest BCUT2D eigenvalue weighted by Gasteiger charge is -2.17. The number of carbonyl (C=O) groups is 1. The predicted molar refractivity (Wildman–Crippen MR) is 132 cm³/mol. The number of hydrogen-bond donors (Lipinski definition) is 1. The van der Waals surface area contributed by atoms with Crippen molar-refractivity contribution in [2.75, 3.05) is 13.7 Å². The number of methoxy groups -OCH3 is 1. The lowest BCUT2D eigenvalue weighted by molar-refractivity contribution is 0.0246. The Labute approximate surface area is 203 Å². The van der Waals surface area contributed by atoms with E-state index in [1.807, 2.05) is 36.4 Å². The summed E-state index contributed by atoms with van der Waals surface area (Å²) < 4.78 is 16.8. The summed E-state index contributed by atoms with van der Waals surface area (Å²) in [5.74, 6) is 0.315. The fraction of sp³-hybridized carbons (Fsp3) is 0.179. The van der Waals surface area contributed by atoms with Gasteiger partial charge in [0.1, 0.15) is 18.1 Å². The third-order valence-corrected chi connectivity index (χ3v) is 5.46. The zero-order valence-corrected chi connectivity index (χ0v) is 19.4. The minimum Gasteiger partial charge on any atom is -0.460 e. The molecular weight excluding hydrogens is 444 g/mol. The number of carbonyl (C=O) groups excluding carboxylic acids is 1. The predicted octanol–water partition coefficient (Wildman–Crippen LogP) is 5.29. The van der Waals surface area contributed by atoms with Gasteiger partial charge in [-0.25, -0.2) is 4.79 Å². The van der Waals surface area contributed by atoms with Crippen molar-refractivity contribution >= 4 is 22.4 Å². The molecule has 7 nitrogen and oxygen atoms in total. The maximum absolute atomic E-state index is 12.8. The first kappa shape index (κ1) is 24.1. The highest BCUT2D eigenvalue weighted by Crippen LogP contribution is 2.30. The van der Waals surface area contributed by atoms with Crippen LogP contribution in [0.25, 0.3) is 16.5 Å². The summed E-state index contributed by atoms with van der Waals surface area (Å²) in [6, 6.07) is 16.4. The van der Waals surface area contributed by atoms with Crippen LogP contribution in [0.2, 0.25) is 0 Å². The Hall–Kier alpha value is -4.07. The molecule has 0 saturated heterocycles.